The largest absolute Gasteiger partial charge is 0.348 e. The van der Waals surface area contributed by atoms with E-state index in [9.17, 15) is 4.79 Å². The van der Waals surface area contributed by atoms with E-state index in [1.54, 1.807) is 6.07 Å². The van der Waals surface area contributed by atoms with Crippen LogP contribution < -0.4 is 5.32 Å². The number of benzene rings is 2. The van der Waals surface area contributed by atoms with Gasteiger partial charge in [-0.1, -0.05) is 45.8 Å². The molecule has 2 nitrogen and oxygen atoms in total. The number of carbonyl (C=O) groups is 1. The summed E-state index contributed by atoms with van der Waals surface area (Å²) in [4.78, 5) is 12.7. The summed E-state index contributed by atoms with van der Waals surface area (Å²) in [7, 11) is 0. The molecule has 2 rings (SSSR count). The molecule has 0 aromatic heterocycles. The Kier molecular flexibility index (Phi) is 4.66. The molecule has 0 radical (unpaired) electrons. The molecule has 0 fully saturated rings. The van der Waals surface area contributed by atoms with Crippen molar-refractivity contribution in [1.82, 2.24) is 5.32 Å². The molecule has 0 heterocycles. The number of hydrogen-bond donors (Lipinski definition) is 2. The van der Waals surface area contributed by atoms with Crippen molar-refractivity contribution in [3.8, 4) is 0 Å². The highest BCUT2D eigenvalue weighted by atomic mass is 79.9. The summed E-state index contributed by atoms with van der Waals surface area (Å²) in [6.07, 6.45) is 0. The summed E-state index contributed by atoms with van der Waals surface area (Å²) in [5, 5.41) is 2.89. The number of carbonyl (C=O) groups excluding carboxylic acids is 1. The minimum absolute atomic E-state index is 0.113. The first-order valence-electron chi connectivity index (χ1n) is 5.88. The lowest BCUT2D eigenvalue weighted by atomic mass is 10.1. The second kappa shape index (κ2) is 6.26. The van der Waals surface area contributed by atoms with Gasteiger partial charge in [-0.2, -0.15) is 0 Å². The lowest BCUT2D eigenvalue weighted by Gasteiger charge is -2.08. The van der Waals surface area contributed by atoms with E-state index >= 15 is 0 Å². The van der Waals surface area contributed by atoms with Crippen LogP contribution in [-0.4, -0.2) is 5.91 Å². The highest BCUT2D eigenvalue weighted by Crippen LogP contribution is 2.19. The van der Waals surface area contributed by atoms with Crippen molar-refractivity contribution in [2.24, 2.45) is 0 Å². The quantitative estimate of drug-likeness (QED) is 0.816. The number of hydrogen-bond acceptors (Lipinski definition) is 2. The van der Waals surface area contributed by atoms with E-state index < -0.39 is 0 Å². The molecule has 2 aromatic rings. The first-order chi connectivity index (χ1) is 9.06. The lowest BCUT2D eigenvalue weighted by molar-refractivity contribution is 0.0948. The second-order valence-corrected chi connectivity index (χ2v) is 5.73. The molecule has 0 atom stereocenters. The summed E-state index contributed by atoms with van der Waals surface area (Å²) in [6, 6.07) is 13.5. The Morgan fingerprint density at radius 3 is 2.53 bits per heavy atom. The fraction of sp³-hybridized carbons (Fsp3) is 0.133. The van der Waals surface area contributed by atoms with Crippen LogP contribution in [-0.2, 0) is 6.54 Å². The molecule has 2 aromatic carbocycles. The van der Waals surface area contributed by atoms with Crippen molar-refractivity contribution in [2.75, 3.05) is 0 Å². The van der Waals surface area contributed by atoms with Gasteiger partial charge in [0.15, 0.2) is 0 Å². The number of rotatable bonds is 3. The van der Waals surface area contributed by atoms with E-state index in [0.29, 0.717) is 17.0 Å². The van der Waals surface area contributed by atoms with E-state index in [-0.39, 0.29) is 5.91 Å². The number of amides is 1. The van der Waals surface area contributed by atoms with Crippen LogP contribution in [0.2, 0.25) is 0 Å². The van der Waals surface area contributed by atoms with Crippen molar-refractivity contribution >= 4 is 34.5 Å². The third kappa shape index (κ3) is 3.85. The van der Waals surface area contributed by atoms with Crippen LogP contribution in [0.15, 0.2) is 51.8 Å². The van der Waals surface area contributed by atoms with Crippen LogP contribution in [0.5, 0.6) is 0 Å². The van der Waals surface area contributed by atoms with Gasteiger partial charge in [0.1, 0.15) is 0 Å². The minimum atomic E-state index is -0.113. The molecule has 0 aliphatic carbocycles. The molecule has 19 heavy (non-hydrogen) atoms. The van der Waals surface area contributed by atoms with Crippen LogP contribution in [0.1, 0.15) is 21.5 Å². The Hall–Kier alpha value is -1.26. The van der Waals surface area contributed by atoms with Crippen LogP contribution in [0.3, 0.4) is 0 Å². The zero-order chi connectivity index (χ0) is 13.8. The van der Waals surface area contributed by atoms with Gasteiger partial charge in [0.2, 0.25) is 0 Å². The van der Waals surface area contributed by atoms with Gasteiger partial charge in [-0.25, -0.2) is 0 Å². The maximum atomic E-state index is 12.0. The van der Waals surface area contributed by atoms with Gasteiger partial charge in [-0.15, -0.1) is 12.6 Å². The highest BCUT2D eigenvalue weighted by Gasteiger charge is 2.09. The molecule has 0 spiro atoms. The molecule has 0 saturated heterocycles. The smallest absolute Gasteiger partial charge is 0.252 e. The zero-order valence-corrected chi connectivity index (χ0v) is 13.0. The third-order valence-electron chi connectivity index (χ3n) is 2.78. The average Bonchev–Trinajstić information content (AvgIpc) is 2.37. The molecule has 0 aliphatic heterocycles. The first-order valence-corrected chi connectivity index (χ1v) is 7.12. The second-order valence-electron chi connectivity index (χ2n) is 4.33. The summed E-state index contributed by atoms with van der Waals surface area (Å²) < 4.78 is 0.910. The molecule has 0 aliphatic rings. The van der Waals surface area contributed by atoms with Gasteiger partial charge in [-0.3, -0.25) is 4.79 Å². The van der Waals surface area contributed by atoms with E-state index in [2.05, 4.69) is 33.9 Å². The molecule has 1 N–H and O–H groups in total. The predicted octanol–water partition coefficient (Wildman–Crippen LogP) is 3.98. The Morgan fingerprint density at radius 1 is 1.21 bits per heavy atom. The summed E-state index contributed by atoms with van der Waals surface area (Å²) in [6.45, 7) is 2.56. The monoisotopic (exact) mass is 335 g/mol. The number of halogens is 1. The molecule has 1 amide bonds. The van der Waals surface area contributed by atoms with Gasteiger partial charge >= 0.3 is 0 Å². The summed E-state index contributed by atoms with van der Waals surface area (Å²) >= 11 is 7.66. The van der Waals surface area contributed by atoms with Crippen LogP contribution in [0, 0.1) is 6.92 Å². The van der Waals surface area contributed by atoms with Gasteiger partial charge < -0.3 is 5.32 Å². The minimum Gasteiger partial charge on any atom is -0.348 e. The van der Waals surface area contributed by atoms with Gasteiger partial charge in [0, 0.05) is 15.9 Å². The van der Waals surface area contributed by atoms with Gasteiger partial charge in [0.05, 0.1) is 5.56 Å². The third-order valence-corrected chi connectivity index (χ3v) is 3.64. The fourth-order valence-electron chi connectivity index (χ4n) is 1.68. The predicted molar refractivity (Wildman–Crippen MR) is 83.7 cm³/mol. The number of nitrogens with one attached hydrogen (secondary N) is 1. The van der Waals surface area contributed by atoms with Crippen molar-refractivity contribution in [2.45, 2.75) is 18.4 Å². The molecule has 0 bridgehead atoms. The van der Waals surface area contributed by atoms with Crippen molar-refractivity contribution < 1.29 is 4.79 Å². The molecule has 98 valence electrons. The van der Waals surface area contributed by atoms with Crippen molar-refractivity contribution in [1.29, 1.82) is 0 Å². The SMILES string of the molecule is Cc1ccc(CNC(=O)c2ccc(Br)cc2S)cc1. The molecule has 0 unspecified atom stereocenters. The Bertz CT molecular complexity index is 596. The lowest BCUT2D eigenvalue weighted by Crippen LogP contribution is -2.23. The fourth-order valence-corrected chi connectivity index (χ4v) is 2.53. The van der Waals surface area contributed by atoms with E-state index in [0.717, 1.165) is 10.0 Å². The van der Waals surface area contributed by atoms with E-state index in [4.69, 9.17) is 0 Å². The molecular weight excluding hydrogens is 322 g/mol. The molecular formula is C15H14BrNOS. The Labute approximate surface area is 126 Å². The summed E-state index contributed by atoms with van der Waals surface area (Å²) in [5.41, 5.74) is 2.87. The maximum absolute atomic E-state index is 12.0. The Balaban J connectivity index is 2.03. The standard InChI is InChI=1S/C15H14BrNOS/c1-10-2-4-11(5-3-10)9-17-15(18)13-7-6-12(16)8-14(13)19/h2-8,19H,9H2,1H3,(H,17,18). The normalized spacial score (nSPS) is 10.3. The van der Waals surface area contributed by atoms with E-state index in [1.807, 2.05) is 43.3 Å². The van der Waals surface area contributed by atoms with Crippen LogP contribution >= 0.6 is 28.6 Å². The van der Waals surface area contributed by atoms with Gasteiger partial charge in [0.25, 0.3) is 5.91 Å². The number of aryl methyl sites for hydroxylation is 1. The molecule has 4 heteroatoms. The zero-order valence-electron chi connectivity index (χ0n) is 10.5. The van der Waals surface area contributed by atoms with E-state index in [1.165, 1.54) is 5.56 Å². The average molecular weight is 336 g/mol. The topological polar surface area (TPSA) is 29.1 Å². The summed E-state index contributed by atoms with van der Waals surface area (Å²) in [5.74, 6) is -0.113. The maximum Gasteiger partial charge on any atom is 0.252 e. The van der Waals surface area contributed by atoms with Gasteiger partial charge in [-0.05, 0) is 30.7 Å². The van der Waals surface area contributed by atoms with Crippen molar-refractivity contribution in [3.63, 3.8) is 0 Å². The van der Waals surface area contributed by atoms with Crippen molar-refractivity contribution in [3.05, 3.63) is 63.6 Å². The van der Waals surface area contributed by atoms with Crippen LogP contribution in [0.25, 0.3) is 0 Å². The Morgan fingerprint density at radius 2 is 1.89 bits per heavy atom. The molecule has 0 saturated carbocycles. The number of thiol groups is 1. The highest BCUT2D eigenvalue weighted by molar-refractivity contribution is 9.10. The first kappa shape index (κ1) is 14.2. The van der Waals surface area contributed by atoms with Crippen LogP contribution in [0.4, 0.5) is 0 Å².